The number of amidine groups is 1. The average Bonchev–Trinajstić information content (AvgIpc) is 2.91. The number of phenolic OH excluding ortho intramolecular Hbond substituents is 1. The van der Waals surface area contributed by atoms with Crippen molar-refractivity contribution in [3.05, 3.63) is 59.7 Å². The van der Waals surface area contributed by atoms with E-state index in [0.717, 1.165) is 0 Å². The van der Waals surface area contributed by atoms with Crippen molar-refractivity contribution < 1.29 is 38.0 Å². The van der Waals surface area contributed by atoms with Gasteiger partial charge in [0.2, 0.25) is 17.4 Å². The van der Waals surface area contributed by atoms with Gasteiger partial charge in [-0.1, -0.05) is 6.07 Å². The molecule has 9 N–H and O–H groups in total. The van der Waals surface area contributed by atoms with Crippen LogP contribution in [0, 0.1) is 22.5 Å². The van der Waals surface area contributed by atoms with Crippen molar-refractivity contribution in [3.63, 3.8) is 0 Å². The highest BCUT2D eigenvalue weighted by Crippen LogP contribution is 2.40. The van der Waals surface area contributed by atoms with E-state index in [9.17, 15) is 9.90 Å². The first-order chi connectivity index (χ1) is 19.5. The molecule has 216 valence electrons. The number of nitrogens with zero attached hydrogens (tertiary/aromatic N) is 2. The number of nitrogen functional groups attached to an aromatic ring is 1. The number of likely N-dealkylation sites (tertiary alicyclic amines) is 1. The molecule has 41 heavy (non-hydrogen) atoms. The Hall–Kier alpha value is -5.18. The maximum atomic E-state index is 15.6. The molecule has 3 aromatic rings. The zero-order valence-electron chi connectivity index (χ0n) is 21.5. The second-order valence-corrected chi connectivity index (χ2v) is 9.03. The number of carboxylic acids is 1. The number of aromatic hydroxyl groups is 1. The monoisotopic (exact) mass is 571 g/mol. The predicted octanol–water partition coefficient (Wildman–Crippen LogP) is 3.17. The van der Waals surface area contributed by atoms with Crippen molar-refractivity contribution in [2.75, 3.05) is 25.0 Å². The lowest BCUT2D eigenvalue weighted by molar-refractivity contribution is -0.138. The van der Waals surface area contributed by atoms with E-state index in [1.165, 1.54) is 36.4 Å². The SMILES string of the molecule is N=C(N)Nc1cccc(Oc2nc(Oc3cc(C(=N)N)ccc3O)c(F)c(OC3CCN(CC(=O)O)CC3)c2F)c1. The molecule has 0 aliphatic carbocycles. The zero-order valence-corrected chi connectivity index (χ0v) is 21.5. The smallest absolute Gasteiger partial charge is 0.317 e. The van der Waals surface area contributed by atoms with Crippen LogP contribution in [0.25, 0.3) is 0 Å². The molecule has 0 radical (unpaired) electrons. The van der Waals surface area contributed by atoms with Gasteiger partial charge in [0.05, 0.1) is 6.54 Å². The fraction of sp³-hybridized carbons (Fsp3) is 0.231. The number of piperidine rings is 1. The number of guanidine groups is 1. The van der Waals surface area contributed by atoms with Gasteiger partial charge >= 0.3 is 5.97 Å². The molecule has 1 aromatic heterocycles. The van der Waals surface area contributed by atoms with E-state index in [-0.39, 0.29) is 35.4 Å². The number of aliphatic carboxylic acids is 1. The van der Waals surface area contributed by atoms with Crippen molar-refractivity contribution in [1.29, 1.82) is 10.8 Å². The minimum absolute atomic E-state index is 0.0505. The van der Waals surface area contributed by atoms with E-state index in [1.54, 1.807) is 11.0 Å². The third-order valence-corrected chi connectivity index (χ3v) is 5.96. The molecule has 0 unspecified atom stereocenters. The summed E-state index contributed by atoms with van der Waals surface area (Å²) in [6.45, 7) is 0.500. The van der Waals surface area contributed by atoms with E-state index >= 15 is 8.78 Å². The Bertz CT molecular complexity index is 1480. The fourth-order valence-electron chi connectivity index (χ4n) is 4.03. The maximum absolute atomic E-state index is 15.6. The van der Waals surface area contributed by atoms with Crippen LogP contribution in [-0.2, 0) is 4.79 Å². The van der Waals surface area contributed by atoms with Crippen molar-refractivity contribution >= 4 is 23.5 Å². The molecule has 15 heteroatoms. The number of hydrogen-bond donors (Lipinski definition) is 7. The molecular weight excluding hydrogens is 544 g/mol. The molecule has 2 heterocycles. The number of hydrogen-bond acceptors (Lipinski definition) is 9. The van der Waals surface area contributed by atoms with Crippen molar-refractivity contribution in [2.45, 2.75) is 18.9 Å². The summed E-state index contributed by atoms with van der Waals surface area (Å²) < 4.78 is 48.1. The molecule has 0 atom stereocenters. The molecular formula is C26H27F2N7O6. The molecule has 13 nitrogen and oxygen atoms in total. The van der Waals surface area contributed by atoms with Gasteiger partial charge in [-0.3, -0.25) is 20.5 Å². The van der Waals surface area contributed by atoms with Gasteiger partial charge < -0.3 is 41.2 Å². The number of halogens is 2. The minimum atomic E-state index is -1.32. The number of rotatable bonds is 10. The van der Waals surface area contributed by atoms with Crippen LogP contribution in [0.3, 0.4) is 0 Å². The highest BCUT2D eigenvalue weighted by atomic mass is 19.1. The Morgan fingerprint density at radius 1 is 1.07 bits per heavy atom. The third-order valence-electron chi connectivity index (χ3n) is 5.96. The molecule has 0 spiro atoms. The van der Waals surface area contributed by atoms with Crippen LogP contribution < -0.4 is 31.0 Å². The second kappa shape index (κ2) is 12.3. The molecule has 0 bridgehead atoms. The number of ether oxygens (including phenoxy) is 3. The number of carbonyl (C=O) groups is 1. The largest absolute Gasteiger partial charge is 0.504 e. The molecule has 1 saturated heterocycles. The van der Waals surface area contributed by atoms with Crippen LogP contribution in [0.5, 0.6) is 34.8 Å². The number of carboxylic acid groups (broad SMARTS) is 1. The number of anilines is 1. The van der Waals surface area contributed by atoms with Gasteiger partial charge in [0.15, 0.2) is 17.5 Å². The van der Waals surface area contributed by atoms with Crippen LogP contribution in [0.1, 0.15) is 18.4 Å². The Morgan fingerprint density at radius 2 is 1.76 bits per heavy atom. The summed E-state index contributed by atoms with van der Waals surface area (Å²) in [4.78, 5) is 16.5. The van der Waals surface area contributed by atoms with Gasteiger partial charge in [0.1, 0.15) is 17.7 Å². The summed E-state index contributed by atoms with van der Waals surface area (Å²) in [6, 6.07) is 9.67. The molecule has 1 aliphatic rings. The summed E-state index contributed by atoms with van der Waals surface area (Å²) >= 11 is 0. The van der Waals surface area contributed by atoms with Crippen LogP contribution in [0.2, 0.25) is 0 Å². The first-order valence-corrected chi connectivity index (χ1v) is 12.2. The number of phenols is 1. The first-order valence-electron chi connectivity index (χ1n) is 12.2. The molecule has 1 fully saturated rings. The molecule has 1 aliphatic heterocycles. The van der Waals surface area contributed by atoms with E-state index < -0.39 is 47.0 Å². The van der Waals surface area contributed by atoms with Crippen molar-refractivity contribution in [2.24, 2.45) is 11.5 Å². The van der Waals surface area contributed by atoms with E-state index in [1.807, 2.05) is 0 Å². The van der Waals surface area contributed by atoms with E-state index in [2.05, 4.69) is 10.3 Å². The molecule has 0 saturated carbocycles. The van der Waals surface area contributed by atoms with Crippen molar-refractivity contribution in [1.82, 2.24) is 9.88 Å². The summed E-state index contributed by atoms with van der Waals surface area (Å²) in [6.07, 6.45) is -0.0769. The minimum Gasteiger partial charge on any atom is -0.504 e. The normalized spacial score (nSPS) is 13.8. The number of pyridine rings is 1. The highest BCUT2D eigenvalue weighted by Gasteiger charge is 2.30. The van der Waals surface area contributed by atoms with Crippen LogP contribution in [0.4, 0.5) is 14.5 Å². The van der Waals surface area contributed by atoms with Crippen LogP contribution in [0.15, 0.2) is 42.5 Å². The maximum Gasteiger partial charge on any atom is 0.317 e. The summed E-state index contributed by atoms with van der Waals surface area (Å²) in [5.74, 6) is -7.32. The third kappa shape index (κ3) is 7.27. The first kappa shape index (κ1) is 28.8. The number of nitrogens with two attached hydrogens (primary N) is 2. The standard InChI is InChI=1S/C26H27F2N7O6/c27-20-22(39-15-6-8-35(9-7-15)12-19(37)38)21(28)25(41-18-10-13(23(29)30)4-5-17(18)36)34-24(20)40-16-3-1-2-14(11-16)33-26(31)32/h1-5,10-11,15,36H,6-9,12H2,(H3,29,30)(H,37,38)(H4,31,32,33). The van der Waals surface area contributed by atoms with Crippen LogP contribution >= 0.6 is 0 Å². The van der Waals surface area contributed by atoms with Gasteiger partial charge in [-0.2, -0.15) is 13.8 Å². The number of benzene rings is 2. The second-order valence-electron chi connectivity index (χ2n) is 9.03. The fourth-order valence-corrected chi connectivity index (χ4v) is 4.03. The number of aromatic nitrogens is 1. The predicted molar refractivity (Wildman–Crippen MR) is 143 cm³/mol. The van der Waals surface area contributed by atoms with Gasteiger partial charge in [-0.05, 0) is 43.2 Å². The number of nitrogens with one attached hydrogen (secondary N) is 3. The lowest BCUT2D eigenvalue weighted by Crippen LogP contribution is -2.40. The Labute approximate surface area is 232 Å². The molecule has 2 aromatic carbocycles. The molecule has 4 rings (SSSR count). The lowest BCUT2D eigenvalue weighted by atomic mass is 10.1. The Balaban J connectivity index is 1.69. The van der Waals surface area contributed by atoms with Gasteiger partial charge in [0.25, 0.3) is 11.8 Å². The quantitative estimate of drug-likeness (QED) is 0.139. The van der Waals surface area contributed by atoms with Gasteiger partial charge in [0, 0.05) is 30.4 Å². The topological polar surface area (TPSA) is 213 Å². The molecule has 0 amide bonds. The Morgan fingerprint density at radius 3 is 2.39 bits per heavy atom. The average molecular weight is 572 g/mol. The lowest BCUT2D eigenvalue weighted by Gasteiger charge is -2.31. The van der Waals surface area contributed by atoms with Gasteiger partial charge in [-0.15, -0.1) is 0 Å². The summed E-state index contributed by atoms with van der Waals surface area (Å²) in [5, 5.41) is 36.8. The van der Waals surface area contributed by atoms with Crippen molar-refractivity contribution in [3.8, 4) is 34.8 Å². The highest BCUT2D eigenvalue weighted by molar-refractivity contribution is 5.95. The van der Waals surface area contributed by atoms with Gasteiger partial charge in [-0.25, -0.2) is 0 Å². The summed E-state index contributed by atoms with van der Waals surface area (Å²) in [5.41, 5.74) is 11.4. The van der Waals surface area contributed by atoms with E-state index in [0.29, 0.717) is 31.6 Å². The Kier molecular flexibility index (Phi) is 8.67. The summed E-state index contributed by atoms with van der Waals surface area (Å²) in [7, 11) is 0. The zero-order chi connectivity index (χ0) is 29.7. The van der Waals surface area contributed by atoms with E-state index in [4.69, 9.17) is 41.6 Å². The van der Waals surface area contributed by atoms with Crippen LogP contribution in [-0.4, -0.2) is 63.6 Å².